The van der Waals surface area contributed by atoms with E-state index < -0.39 is 10.8 Å². The average Bonchev–Trinajstić information content (AvgIpc) is 2.29. The second-order valence-electron chi connectivity index (χ2n) is 4.57. The van der Waals surface area contributed by atoms with Gasteiger partial charge in [0.1, 0.15) is 0 Å². The average molecular weight is 253 g/mol. The van der Waals surface area contributed by atoms with Crippen LogP contribution in [0.1, 0.15) is 32.8 Å². The molecule has 1 aromatic rings. The Balaban J connectivity index is 2.67. The summed E-state index contributed by atoms with van der Waals surface area (Å²) in [6.45, 7) is 9.30. The maximum absolute atomic E-state index is 12.4. The molecule has 0 aromatic heterocycles. The van der Waals surface area contributed by atoms with Gasteiger partial charge >= 0.3 is 0 Å². The van der Waals surface area contributed by atoms with Gasteiger partial charge in [0, 0.05) is 16.2 Å². The van der Waals surface area contributed by atoms with E-state index in [1.165, 1.54) is 0 Å². The first-order valence-corrected chi connectivity index (χ1v) is 7.47. The van der Waals surface area contributed by atoms with Gasteiger partial charge in [-0.2, -0.15) is 0 Å². The van der Waals surface area contributed by atoms with Gasteiger partial charge in [-0.15, -0.1) is 0 Å². The summed E-state index contributed by atoms with van der Waals surface area (Å²) in [4.78, 5) is 0.976. The molecule has 0 aliphatic rings. The molecule has 17 heavy (non-hydrogen) atoms. The van der Waals surface area contributed by atoms with Crippen LogP contribution in [0.2, 0.25) is 0 Å². The first-order chi connectivity index (χ1) is 8.06. The molecule has 2 nitrogen and oxygen atoms in total. The third-order valence-corrected chi connectivity index (χ3v) is 4.73. The van der Waals surface area contributed by atoms with Crippen LogP contribution in [0.3, 0.4) is 0 Å². The highest BCUT2D eigenvalue weighted by atomic mass is 32.2. The standard InChI is InChI=1S/C14H23NOS/c1-5-15-12(3)10-13(4)17(16)14-9-7-6-8-11(14)2/h6-9,12-13,15H,5,10H2,1-4H3. The second-order valence-corrected chi connectivity index (χ2v) is 6.41. The molecule has 0 bridgehead atoms. The zero-order valence-corrected chi connectivity index (χ0v) is 12.0. The van der Waals surface area contributed by atoms with Gasteiger partial charge in [0.05, 0.1) is 10.8 Å². The number of hydrogen-bond acceptors (Lipinski definition) is 2. The Labute approximate surface area is 107 Å². The Morgan fingerprint density at radius 3 is 2.53 bits per heavy atom. The summed E-state index contributed by atoms with van der Waals surface area (Å²) in [6.07, 6.45) is 0.939. The fraction of sp³-hybridized carbons (Fsp3) is 0.571. The molecule has 0 fully saturated rings. The first-order valence-electron chi connectivity index (χ1n) is 6.25. The van der Waals surface area contributed by atoms with Crippen molar-refractivity contribution in [2.45, 2.75) is 50.3 Å². The fourth-order valence-electron chi connectivity index (χ4n) is 2.02. The summed E-state index contributed by atoms with van der Waals surface area (Å²) in [6, 6.07) is 8.36. The number of aryl methyl sites for hydroxylation is 1. The van der Waals surface area contributed by atoms with Crippen molar-refractivity contribution in [3.63, 3.8) is 0 Å². The molecular formula is C14H23NOS. The van der Waals surface area contributed by atoms with Crippen LogP contribution in [-0.4, -0.2) is 22.0 Å². The molecule has 0 heterocycles. The van der Waals surface area contributed by atoms with E-state index in [1.54, 1.807) is 0 Å². The van der Waals surface area contributed by atoms with E-state index in [-0.39, 0.29) is 5.25 Å². The van der Waals surface area contributed by atoms with Gasteiger partial charge in [-0.1, -0.05) is 32.0 Å². The minimum Gasteiger partial charge on any atom is -0.314 e. The quantitative estimate of drug-likeness (QED) is 0.844. The predicted octanol–water partition coefficient (Wildman–Crippen LogP) is 2.88. The van der Waals surface area contributed by atoms with Crippen LogP contribution < -0.4 is 5.32 Å². The zero-order valence-electron chi connectivity index (χ0n) is 11.2. The molecule has 1 N–H and O–H groups in total. The van der Waals surface area contributed by atoms with E-state index in [2.05, 4.69) is 26.1 Å². The van der Waals surface area contributed by atoms with Gasteiger partial charge in [-0.25, -0.2) is 0 Å². The monoisotopic (exact) mass is 253 g/mol. The number of nitrogens with one attached hydrogen (secondary N) is 1. The Morgan fingerprint density at radius 1 is 1.29 bits per heavy atom. The lowest BCUT2D eigenvalue weighted by Crippen LogP contribution is -2.30. The molecule has 3 unspecified atom stereocenters. The van der Waals surface area contributed by atoms with Crippen LogP contribution in [-0.2, 0) is 10.8 Å². The lowest BCUT2D eigenvalue weighted by atomic mass is 10.2. The predicted molar refractivity (Wildman–Crippen MR) is 74.8 cm³/mol. The van der Waals surface area contributed by atoms with E-state index in [1.807, 2.05) is 31.2 Å². The Bertz CT molecular complexity index is 378. The second kappa shape index (κ2) is 6.92. The molecule has 3 heteroatoms. The maximum Gasteiger partial charge on any atom is 0.0561 e. The highest BCUT2D eigenvalue weighted by Gasteiger charge is 2.17. The minimum absolute atomic E-state index is 0.185. The minimum atomic E-state index is -0.904. The van der Waals surface area contributed by atoms with Crippen LogP contribution in [0.15, 0.2) is 29.2 Å². The van der Waals surface area contributed by atoms with Crippen molar-refractivity contribution in [1.29, 1.82) is 0 Å². The highest BCUT2D eigenvalue weighted by Crippen LogP contribution is 2.18. The van der Waals surface area contributed by atoms with Gasteiger partial charge in [-0.3, -0.25) is 4.21 Å². The molecule has 0 saturated heterocycles. The van der Waals surface area contributed by atoms with Crippen LogP contribution in [0.25, 0.3) is 0 Å². The van der Waals surface area contributed by atoms with E-state index in [0.717, 1.165) is 23.4 Å². The molecule has 0 aliphatic carbocycles. The number of hydrogen-bond donors (Lipinski definition) is 1. The SMILES string of the molecule is CCNC(C)CC(C)S(=O)c1ccccc1C. The van der Waals surface area contributed by atoms with E-state index in [0.29, 0.717) is 6.04 Å². The maximum atomic E-state index is 12.4. The van der Waals surface area contributed by atoms with Crippen molar-refractivity contribution in [2.75, 3.05) is 6.54 Å². The Morgan fingerprint density at radius 2 is 1.94 bits per heavy atom. The largest absolute Gasteiger partial charge is 0.314 e. The topological polar surface area (TPSA) is 29.1 Å². The molecule has 0 amide bonds. The Hall–Kier alpha value is -0.670. The van der Waals surface area contributed by atoms with Crippen molar-refractivity contribution in [2.24, 2.45) is 0 Å². The summed E-state index contributed by atoms with van der Waals surface area (Å²) in [5.74, 6) is 0. The molecule has 0 aliphatic heterocycles. The van der Waals surface area contributed by atoms with Crippen LogP contribution in [0.4, 0.5) is 0 Å². The van der Waals surface area contributed by atoms with Gasteiger partial charge in [0.2, 0.25) is 0 Å². The number of rotatable bonds is 6. The van der Waals surface area contributed by atoms with E-state index >= 15 is 0 Å². The van der Waals surface area contributed by atoms with Crippen molar-refractivity contribution in [3.8, 4) is 0 Å². The molecule has 3 atom stereocenters. The normalized spacial score (nSPS) is 16.5. The van der Waals surface area contributed by atoms with Gasteiger partial charge in [0.25, 0.3) is 0 Å². The van der Waals surface area contributed by atoms with E-state index in [4.69, 9.17) is 0 Å². The smallest absolute Gasteiger partial charge is 0.0561 e. The van der Waals surface area contributed by atoms with Crippen molar-refractivity contribution < 1.29 is 4.21 Å². The fourth-order valence-corrected chi connectivity index (χ4v) is 3.51. The van der Waals surface area contributed by atoms with Crippen LogP contribution in [0.5, 0.6) is 0 Å². The summed E-state index contributed by atoms with van der Waals surface area (Å²) in [5, 5.41) is 3.55. The molecular weight excluding hydrogens is 230 g/mol. The highest BCUT2D eigenvalue weighted by molar-refractivity contribution is 7.85. The summed E-state index contributed by atoms with van der Waals surface area (Å²) < 4.78 is 12.4. The van der Waals surface area contributed by atoms with Crippen molar-refractivity contribution in [3.05, 3.63) is 29.8 Å². The van der Waals surface area contributed by atoms with Gasteiger partial charge in [-0.05, 0) is 38.4 Å². The van der Waals surface area contributed by atoms with Crippen LogP contribution >= 0.6 is 0 Å². The third kappa shape index (κ3) is 4.25. The molecule has 1 aromatic carbocycles. The van der Waals surface area contributed by atoms with Crippen molar-refractivity contribution >= 4 is 10.8 Å². The van der Waals surface area contributed by atoms with Gasteiger partial charge in [0.15, 0.2) is 0 Å². The molecule has 0 saturated carbocycles. The molecule has 96 valence electrons. The molecule has 1 rings (SSSR count). The lowest BCUT2D eigenvalue weighted by molar-refractivity contribution is 0.524. The van der Waals surface area contributed by atoms with Crippen LogP contribution in [0, 0.1) is 6.92 Å². The zero-order chi connectivity index (χ0) is 12.8. The van der Waals surface area contributed by atoms with E-state index in [9.17, 15) is 4.21 Å². The molecule has 0 radical (unpaired) electrons. The van der Waals surface area contributed by atoms with Gasteiger partial charge < -0.3 is 5.32 Å². The van der Waals surface area contributed by atoms with Crippen molar-refractivity contribution in [1.82, 2.24) is 5.32 Å². The first kappa shape index (κ1) is 14.4. The molecule has 0 spiro atoms. The third-order valence-electron chi connectivity index (χ3n) is 2.91. The summed E-state index contributed by atoms with van der Waals surface area (Å²) in [7, 11) is -0.904. The number of benzene rings is 1. The lowest BCUT2D eigenvalue weighted by Gasteiger charge is -2.18. The Kier molecular flexibility index (Phi) is 5.86. The summed E-state index contributed by atoms with van der Waals surface area (Å²) >= 11 is 0. The summed E-state index contributed by atoms with van der Waals surface area (Å²) in [5.41, 5.74) is 1.12.